The lowest BCUT2D eigenvalue weighted by Crippen LogP contribution is -2.43. The molecule has 0 aromatic carbocycles. The normalized spacial score (nSPS) is 14.9. The molecule has 0 radical (unpaired) electrons. The van der Waals surface area contributed by atoms with Gasteiger partial charge in [-0.3, -0.25) is 4.79 Å². The number of nitrogens with one attached hydrogen (secondary N) is 2. The van der Waals surface area contributed by atoms with Crippen LogP contribution in [0.2, 0.25) is 0 Å². The van der Waals surface area contributed by atoms with Crippen molar-refractivity contribution in [1.29, 1.82) is 0 Å². The van der Waals surface area contributed by atoms with Crippen LogP contribution < -0.4 is 10.6 Å². The summed E-state index contributed by atoms with van der Waals surface area (Å²) in [5, 5.41) is 6.07. The van der Waals surface area contributed by atoms with Gasteiger partial charge >= 0.3 is 0 Å². The molecule has 0 heterocycles. The number of methoxy groups -OCH3 is 1. The molecule has 96 valence electrons. The monoisotopic (exact) mass is 230 g/mol. The van der Waals surface area contributed by atoms with E-state index in [9.17, 15) is 4.79 Å². The van der Waals surface area contributed by atoms with Crippen LogP contribution in [0.25, 0.3) is 0 Å². The van der Waals surface area contributed by atoms with Crippen LogP contribution in [-0.4, -0.2) is 38.3 Å². The number of amides is 1. The third kappa shape index (κ3) is 8.68. The van der Waals surface area contributed by atoms with Crippen molar-refractivity contribution < 1.29 is 9.53 Å². The lowest BCUT2D eigenvalue weighted by Gasteiger charge is -2.17. The van der Waals surface area contributed by atoms with Crippen molar-refractivity contribution >= 4 is 5.91 Å². The van der Waals surface area contributed by atoms with Gasteiger partial charge in [0, 0.05) is 19.2 Å². The molecule has 0 aliphatic heterocycles. The van der Waals surface area contributed by atoms with E-state index in [0.29, 0.717) is 25.1 Å². The van der Waals surface area contributed by atoms with Gasteiger partial charge in [-0.2, -0.15) is 0 Å². The van der Waals surface area contributed by atoms with E-state index >= 15 is 0 Å². The van der Waals surface area contributed by atoms with Crippen molar-refractivity contribution in [2.24, 2.45) is 5.92 Å². The van der Waals surface area contributed by atoms with Gasteiger partial charge in [-0.25, -0.2) is 0 Å². The highest BCUT2D eigenvalue weighted by atomic mass is 16.5. The summed E-state index contributed by atoms with van der Waals surface area (Å²) in [5.74, 6) is 0.679. The van der Waals surface area contributed by atoms with Crippen molar-refractivity contribution in [3.63, 3.8) is 0 Å². The van der Waals surface area contributed by atoms with E-state index in [1.807, 2.05) is 6.92 Å². The van der Waals surface area contributed by atoms with Crippen molar-refractivity contribution in [2.75, 3.05) is 20.3 Å². The van der Waals surface area contributed by atoms with Crippen LogP contribution in [0.1, 0.15) is 34.1 Å². The lowest BCUT2D eigenvalue weighted by atomic mass is 10.1. The molecule has 0 rings (SSSR count). The number of ether oxygens (including phenoxy) is 1. The maximum absolute atomic E-state index is 11.5. The zero-order valence-electron chi connectivity index (χ0n) is 11.2. The number of carbonyl (C=O) groups is 1. The Kier molecular flexibility index (Phi) is 8.21. The zero-order valence-corrected chi connectivity index (χ0v) is 11.2. The predicted octanol–water partition coefficient (Wildman–Crippen LogP) is 1.16. The molecule has 0 aromatic heterocycles. The van der Waals surface area contributed by atoms with Crippen LogP contribution in [0, 0.1) is 5.92 Å². The summed E-state index contributed by atoms with van der Waals surface area (Å²) in [7, 11) is 1.63. The van der Waals surface area contributed by atoms with Crippen LogP contribution in [-0.2, 0) is 9.53 Å². The highest BCUT2D eigenvalue weighted by Crippen LogP contribution is 2.02. The average Bonchev–Trinajstić information content (AvgIpc) is 2.14. The molecule has 0 saturated carbocycles. The fraction of sp³-hybridized carbons (Fsp3) is 0.917. The van der Waals surface area contributed by atoms with Crippen LogP contribution in [0.3, 0.4) is 0 Å². The highest BCUT2D eigenvalue weighted by molar-refractivity contribution is 5.78. The predicted molar refractivity (Wildman–Crippen MR) is 66.4 cm³/mol. The van der Waals surface area contributed by atoms with Crippen LogP contribution in [0.5, 0.6) is 0 Å². The van der Waals surface area contributed by atoms with Gasteiger partial charge < -0.3 is 15.4 Å². The summed E-state index contributed by atoms with van der Waals surface area (Å²) < 4.78 is 4.95. The molecule has 0 aliphatic rings. The Bertz CT molecular complexity index is 195. The molecule has 2 unspecified atom stereocenters. The van der Waals surface area contributed by atoms with Gasteiger partial charge in [0.15, 0.2) is 0 Å². The number of carbonyl (C=O) groups excluding carboxylic acids is 1. The first-order valence-corrected chi connectivity index (χ1v) is 5.97. The summed E-state index contributed by atoms with van der Waals surface area (Å²) in [5.41, 5.74) is 0. The van der Waals surface area contributed by atoms with Gasteiger partial charge in [-0.15, -0.1) is 0 Å². The molecule has 0 aliphatic carbocycles. The fourth-order valence-corrected chi connectivity index (χ4v) is 1.67. The molecule has 0 spiro atoms. The van der Waals surface area contributed by atoms with Gasteiger partial charge in [-0.05, 0) is 26.2 Å². The van der Waals surface area contributed by atoms with E-state index in [4.69, 9.17) is 4.74 Å². The Morgan fingerprint density at radius 2 is 1.81 bits per heavy atom. The Labute approximate surface area is 99.1 Å². The molecule has 16 heavy (non-hydrogen) atoms. The van der Waals surface area contributed by atoms with Crippen molar-refractivity contribution in [1.82, 2.24) is 10.6 Å². The largest absolute Gasteiger partial charge is 0.383 e. The number of hydrogen-bond acceptors (Lipinski definition) is 3. The standard InChI is InChI=1S/C12H26N2O2/c1-9(2)6-10(3)13-7-12(15)14-11(4)8-16-5/h9-11,13H,6-8H2,1-5H3,(H,14,15). The maximum atomic E-state index is 11.5. The second kappa shape index (κ2) is 8.53. The van der Waals surface area contributed by atoms with Crippen molar-refractivity contribution in [3.8, 4) is 0 Å². The summed E-state index contributed by atoms with van der Waals surface area (Å²) in [6.45, 7) is 9.32. The zero-order chi connectivity index (χ0) is 12.6. The Morgan fingerprint density at radius 3 is 2.31 bits per heavy atom. The Hall–Kier alpha value is -0.610. The second-order valence-corrected chi connectivity index (χ2v) is 4.84. The lowest BCUT2D eigenvalue weighted by molar-refractivity contribution is -0.121. The molecule has 2 N–H and O–H groups in total. The quantitative estimate of drug-likeness (QED) is 0.658. The minimum Gasteiger partial charge on any atom is -0.383 e. The van der Waals surface area contributed by atoms with E-state index in [0.717, 1.165) is 6.42 Å². The second-order valence-electron chi connectivity index (χ2n) is 4.84. The first kappa shape index (κ1) is 15.4. The summed E-state index contributed by atoms with van der Waals surface area (Å²) in [6, 6.07) is 0.447. The van der Waals surface area contributed by atoms with E-state index in [1.54, 1.807) is 7.11 Å². The molecule has 0 bridgehead atoms. The van der Waals surface area contributed by atoms with E-state index in [2.05, 4.69) is 31.4 Å². The molecule has 0 fully saturated rings. The average molecular weight is 230 g/mol. The SMILES string of the molecule is COCC(C)NC(=O)CNC(C)CC(C)C. The van der Waals surface area contributed by atoms with Crippen LogP contribution >= 0.6 is 0 Å². The molecular formula is C12H26N2O2. The third-order valence-corrected chi connectivity index (χ3v) is 2.26. The molecule has 1 amide bonds. The summed E-state index contributed by atoms with van der Waals surface area (Å²) >= 11 is 0. The van der Waals surface area contributed by atoms with Crippen LogP contribution in [0.4, 0.5) is 0 Å². The number of hydrogen-bond donors (Lipinski definition) is 2. The van der Waals surface area contributed by atoms with E-state index < -0.39 is 0 Å². The molecule has 2 atom stereocenters. The van der Waals surface area contributed by atoms with Crippen LogP contribution in [0.15, 0.2) is 0 Å². The van der Waals surface area contributed by atoms with Gasteiger partial charge in [0.1, 0.15) is 0 Å². The van der Waals surface area contributed by atoms with Gasteiger partial charge in [0.25, 0.3) is 0 Å². The summed E-state index contributed by atoms with van der Waals surface area (Å²) in [4.78, 5) is 11.5. The molecule has 0 aromatic rings. The highest BCUT2D eigenvalue weighted by Gasteiger charge is 2.09. The van der Waals surface area contributed by atoms with Crippen molar-refractivity contribution in [2.45, 2.75) is 46.2 Å². The summed E-state index contributed by atoms with van der Waals surface area (Å²) in [6.07, 6.45) is 1.08. The van der Waals surface area contributed by atoms with Crippen molar-refractivity contribution in [3.05, 3.63) is 0 Å². The fourth-order valence-electron chi connectivity index (χ4n) is 1.67. The Morgan fingerprint density at radius 1 is 1.19 bits per heavy atom. The molecule has 0 saturated heterocycles. The molecular weight excluding hydrogens is 204 g/mol. The minimum absolute atomic E-state index is 0.0279. The molecule has 4 nitrogen and oxygen atoms in total. The van der Waals surface area contributed by atoms with Gasteiger partial charge in [-0.1, -0.05) is 13.8 Å². The maximum Gasteiger partial charge on any atom is 0.234 e. The minimum atomic E-state index is 0.0279. The smallest absolute Gasteiger partial charge is 0.234 e. The van der Waals surface area contributed by atoms with Gasteiger partial charge in [0.2, 0.25) is 5.91 Å². The number of rotatable bonds is 8. The first-order chi connectivity index (χ1) is 7.45. The molecule has 4 heteroatoms. The topological polar surface area (TPSA) is 50.4 Å². The Balaban J connectivity index is 3.64. The first-order valence-electron chi connectivity index (χ1n) is 5.97. The van der Waals surface area contributed by atoms with E-state index in [-0.39, 0.29) is 11.9 Å². The third-order valence-electron chi connectivity index (χ3n) is 2.26. The van der Waals surface area contributed by atoms with E-state index in [1.165, 1.54) is 0 Å². The van der Waals surface area contributed by atoms with Gasteiger partial charge in [0.05, 0.1) is 13.2 Å².